The van der Waals surface area contributed by atoms with Crippen LogP contribution >= 0.6 is 23.1 Å². The number of thioether (sulfide) groups is 1. The van der Waals surface area contributed by atoms with Gasteiger partial charge in [-0.25, -0.2) is 4.68 Å². The predicted molar refractivity (Wildman–Crippen MR) is 60.0 cm³/mol. The molecule has 2 heterocycles. The second-order valence-corrected chi connectivity index (χ2v) is 5.71. The number of tetrazole rings is 1. The molecule has 0 aliphatic heterocycles. The van der Waals surface area contributed by atoms with Gasteiger partial charge < -0.3 is 0 Å². The molecule has 2 aromatic rings. The van der Waals surface area contributed by atoms with E-state index in [2.05, 4.69) is 33.0 Å². The van der Waals surface area contributed by atoms with Crippen molar-refractivity contribution < 1.29 is 0 Å². The molecule has 0 radical (unpaired) electrons. The molecule has 2 aromatic heterocycles. The molecule has 0 aromatic carbocycles. The highest BCUT2D eigenvalue weighted by Gasteiger charge is 2.27. The number of nitrogens with zero attached hydrogens (tertiary/aromatic N) is 4. The Labute approximate surface area is 95.7 Å². The van der Waals surface area contributed by atoms with Gasteiger partial charge in [0, 0.05) is 0 Å². The van der Waals surface area contributed by atoms with Crippen LogP contribution in [-0.2, 0) is 5.75 Å². The van der Waals surface area contributed by atoms with Gasteiger partial charge in [0.1, 0.15) is 0 Å². The molecule has 78 valence electrons. The molecule has 1 aliphatic rings. The highest BCUT2D eigenvalue weighted by molar-refractivity contribution is 8.00. The summed E-state index contributed by atoms with van der Waals surface area (Å²) in [5.74, 6) is 1.86. The third-order valence-electron chi connectivity index (χ3n) is 2.29. The van der Waals surface area contributed by atoms with Gasteiger partial charge in [-0.2, -0.15) is 0 Å². The van der Waals surface area contributed by atoms with E-state index in [1.165, 1.54) is 17.1 Å². The summed E-state index contributed by atoms with van der Waals surface area (Å²) >= 11 is 3.56. The van der Waals surface area contributed by atoms with E-state index in [0.717, 1.165) is 11.6 Å². The number of hydrogen-bond donors (Lipinski definition) is 0. The summed E-state index contributed by atoms with van der Waals surface area (Å²) in [6.45, 7) is 0. The smallest absolute Gasteiger partial charge is 0.161 e. The molecular weight excluding hydrogens is 228 g/mol. The molecule has 3 rings (SSSR count). The Balaban J connectivity index is 1.68. The minimum Gasteiger partial charge on any atom is -0.226 e. The molecule has 0 atom stereocenters. The maximum atomic E-state index is 4.06. The van der Waals surface area contributed by atoms with Crippen LogP contribution in [0.4, 0.5) is 0 Å². The lowest BCUT2D eigenvalue weighted by atomic mass is 10.6. The minimum atomic E-state index is 0.568. The third kappa shape index (κ3) is 2.05. The Morgan fingerprint density at radius 3 is 3.20 bits per heavy atom. The average molecular weight is 238 g/mol. The maximum absolute atomic E-state index is 4.06. The Bertz CT molecular complexity index is 433. The lowest BCUT2D eigenvalue weighted by molar-refractivity contribution is 0.593. The van der Waals surface area contributed by atoms with Crippen LogP contribution in [0.15, 0.2) is 21.7 Å². The highest BCUT2D eigenvalue weighted by Crippen LogP contribution is 2.35. The summed E-state index contributed by atoms with van der Waals surface area (Å²) in [7, 11) is 0. The average Bonchev–Trinajstić information content (AvgIpc) is 2.81. The fraction of sp³-hybridized carbons (Fsp3) is 0.444. The monoisotopic (exact) mass is 238 g/mol. The summed E-state index contributed by atoms with van der Waals surface area (Å²) in [6, 6.07) is 4.76. The SMILES string of the molecule is c1csc(SCc2nnnn2C2CC2)c1. The van der Waals surface area contributed by atoms with Crippen molar-refractivity contribution in [1.82, 2.24) is 20.2 Å². The van der Waals surface area contributed by atoms with E-state index in [1.54, 1.807) is 23.1 Å². The molecule has 0 bridgehead atoms. The largest absolute Gasteiger partial charge is 0.226 e. The van der Waals surface area contributed by atoms with Gasteiger partial charge in [-0.1, -0.05) is 6.07 Å². The number of rotatable bonds is 4. The van der Waals surface area contributed by atoms with Crippen molar-refractivity contribution in [2.45, 2.75) is 28.8 Å². The second-order valence-electron chi connectivity index (χ2n) is 3.49. The van der Waals surface area contributed by atoms with Crippen LogP contribution in [0.2, 0.25) is 0 Å². The molecule has 1 aliphatic carbocycles. The minimum absolute atomic E-state index is 0.568. The van der Waals surface area contributed by atoms with Gasteiger partial charge in [-0.15, -0.1) is 28.2 Å². The zero-order chi connectivity index (χ0) is 10.1. The molecular formula is C9H10N4S2. The molecule has 0 spiro atoms. The zero-order valence-corrected chi connectivity index (χ0v) is 9.67. The quantitative estimate of drug-likeness (QED) is 0.767. The Kier molecular flexibility index (Phi) is 2.46. The molecule has 4 nitrogen and oxygen atoms in total. The third-order valence-corrected chi connectivity index (χ3v) is 4.42. The first-order chi connectivity index (χ1) is 7.43. The second kappa shape index (κ2) is 3.94. The maximum Gasteiger partial charge on any atom is 0.161 e. The van der Waals surface area contributed by atoms with Crippen molar-refractivity contribution in [3.8, 4) is 0 Å². The Hall–Kier alpha value is -0.880. The van der Waals surface area contributed by atoms with Crippen LogP contribution in [0, 0.1) is 0 Å². The van der Waals surface area contributed by atoms with Crippen LogP contribution in [0.1, 0.15) is 24.7 Å². The predicted octanol–water partition coefficient (Wildman–Crippen LogP) is 2.36. The van der Waals surface area contributed by atoms with Gasteiger partial charge >= 0.3 is 0 Å². The van der Waals surface area contributed by atoms with Crippen LogP contribution in [-0.4, -0.2) is 20.2 Å². The fourth-order valence-corrected chi connectivity index (χ4v) is 3.09. The first kappa shape index (κ1) is 9.35. The van der Waals surface area contributed by atoms with Crippen molar-refractivity contribution in [2.24, 2.45) is 0 Å². The van der Waals surface area contributed by atoms with Crippen LogP contribution in [0.25, 0.3) is 0 Å². The molecule has 0 unspecified atom stereocenters. The van der Waals surface area contributed by atoms with Gasteiger partial charge in [0.2, 0.25) is 0 Å². The van der Waals surface area contributed by atoms with Gasteiger partial charge in [0.05, 0.1) is 16.0 Å². The van der Waals surface area contributed by atoms with Crippen molar-refractivity contribution in [3.63, 3.8) is 0 Å². The lowest BCUT2D eigenvalue weighted by Gasteiger charge is -2.00. The van der Waals surface area contributed by atoms with Gasteiger partial charge in [-0.05, 0) is 34.7 Å². The van der Waals surface area contributed by atoms with Crippen molar-refractivity contribution in [2.75, 3.05) is 0 Å². The fourth-order valence-electron chi connectivity index (χ4n) is 1.39. The lowest BCUT2D eigenvalue weighted by Crippen LogP contribution is -2.01. The zero-order valence-electron chi connectivity index (χ0n) is 8.04. The summed E-state index contributed by atoms with van der Waals surface area (Å²) in [6.07, 6.45) is 2.45. The van der Waals surface area contributed by atoms with Gasteiger partial charge in [0.15, 0.2) is 5.82 Å². The van der Waals surface area contributed by atoms with E-state index in [1.807, 2.05) is 4.68 Å². The van der Waals surface area contributed by atoms with Gasteiger partial charge in [-0.3, -0.25) is 0 Å². The van der Waals surface area contributed by atoms with Crippen LogP contribution in [0.5, 0.6) is 0 Å². The van der Waals surface area contributed by atoms with Crippen molar-refractivity contribution >= 4 is 23.1 Å². The standard InChI is InChI=1S/C9H10N4S2/c1-2-9(14-5-1)15-6-8-10-11-12-13(8)7-3-4-7/h1-2,5,7H,3-4,6H2. The van der Waals surface area contributed by atoms with Crippen molar-refractivity contribution in [1.29, 1.82) is 0 Å². The molecule has 0 N–H and O–H groups in total. The molecule has 1 fully saturated rings. The van der Waals surface area contributed by atoms with E-state index in [4.69, 9.17) is 0 Å². The molecule has 15 heavy (non-hydrogen) atoms. The highest BCUT2D eigenvalue weighted by atomic mass is 32.2. The molecule has 1 saturated carbocycles. The number of thiophene rings is 1. The number of aromatic nitrogens is 4. The van der Waals surface area contributed by atoms with E-state index in [0.29, 0.717) is 6.04 Å². The first-order valence-electron chi connectivity index (χ1n) is 4.86. The van der Waals surface area contributed by atoms with E-state index in [9.17, 15) is 0 Å². The first-order valence-corrected chi connectivity index (χ1v) is 6.73. The summed E-state index contributed by atoms with van der Waals surface area (Å²) in [5, 5.41) is 13.9. The van der Waals surface area contributed by atoms with E-state index in [-0.39, 0.29) is 0 Å². The summed E-state index contributed by atoms with van der Waals surface area (Å²) in [5.41, 5.74) is 0. The molecule has 6 heteroatoms. The summed E-state index contributed by atoms with van der Waals surface area (Å²) in [4.78, 5) is 0. The number of hydrogen-bond acceptors (Lipinski definition) is 5. The van der Waals surface area contributed by atoms with E-state index < -0.39 is 0 Å². The van der Waals surface area contributed by atoms with Gasteiger partial charge in [0.25, 0.3) is 0 Å². The van der Waals surface area contributed by atoms with Crippen molar-refractivity contribution in [3.05, 3.63) is 23.3 Å². The summed E-state index contributed by atoms with van der Waals surface area (Å²) < 4.78 is 3.29. The van der Waals surface area contributed by atoms with Crippen LogP contribution in [0.3, 0.4) is 0 Å². The normalized spacial score (nSPS) is 15.7. The Morgan fingerprint density at radius 2 is 2.47 bits per heavy atom. The Morgan fingerprint density at radius 1 is 1.53 bits per heavy atom. The topological polar surface area (TPSA) is 43.6 Å². The van der Waals surface area contributed by atoms with E-state index >= 15 is 0 Å². The van der Waals surface area contributed by atoms with Crippen LogP contribution < -0.4 is 0 Å². The molecule has 0 amide bonds. The molecule has 0 saturated heterocycles.